The SMILES string of the molecule is C[C@]12CCCN(C(=O)c3nccc4ccccc34)[C@@H]1CCCN2. The van der Waals surface area contributed by atoms with E-state index >= 15 is 0 Å². The van der Waals surface area contributed by atoms with Crippen molar-refractivity contribution < 1.29 is 4.79 Å². The van der Waals surface area contributed by atoms with E-state index in [1.807, 2.05) is 30.3 Å². The minimum absolute atomic E-state index is 0.0523. The number of pyridine rings is 1. The number of hydrogen-bond acceptors (Lipinski definition) is 3. The van der Waals surface area contributed by atoms with E-state index in [0.29, 0.717) is 5.69 Å². The standard InChI is InChI=1S/C19H23N3O/c1-19-10-5-13-22(16(19)8-4-11-21-19)18(23)17-15-7-3-2-6-14(15)9-12-20-17/h2-3,6-7,9,12,16,21H,4-5,8,10-11,13H2,1H3/t16-,19+/m1/s1. The molecule has 3 heterocycles. The van der Waals surface area contributed by atoms with Crippen LogP contribution in [0.25, 0.3) is 10.8 Å². The van der Waals surface area contributed by atoms with Gasteiger partial charge >= 0.3 is 0 Å². The molecule has 23 heavy (non-hydrogen) atoms. The highest BCUT2D eigenvalue weighted by Crippen LogP contribution is 2.34. The molecule has 0 aliphatic carbocycles. The van der Waals surface area contributed by atoms with Crippen LogP contribution in [0.1, 0.15) is 43.1 Å². The van der Waals surface area contributed by atoms with Crippen molar-refractivity contribution in [1.82, 2.24) is 15.2 Å². The predicted molar refractivity (Wildman–Crippen MR) is 91.4 cm³/mol. The quantitative estimate of drug-likeness (QED) is 0.881. The van der Waals surface area contributed by atoms with Gasteiger partial charge in [0.25, 0.3) is 5.91 Å². The van der Waals surface area contributed by atoms with Crippen LogP contribution in [-0.4, -0.2) is 40.5 Å². The van der Waals surface area contributed by atoms with Gasteiger partial charge < -0.3 is 10.2 Å². The van der Waals surface area contributed by atoms with E-state index < -0.39 is 0 Å². The van der Waals surface area contributed by atoms with Gasteiger partial charge in [-0.05, 0) is 50.6 Å². The summed E-state index contributed by atoms with van der Waals surface area (Å²) in [6.07, 6.45) is 6.16. The van der Waals surface area contributed by atoms with Gasteiger partial charge in [-0.1, -0.05) is 24.3 Å². The normalized spacial score (nSPS) is 27.7. The molecule has 0 unspecified atom stereocenters. The van der Waals surface area contributed by atoms with Crippen LogP contribution in [0.4, 0.5) is 0 Å². The molecular formula is C19H23N3O. The molecule has 120 valence electrons. The first-order valence-electron chi connectivity index (χ1n) is 8.59. The molecule has 4 heteroatoms. The molecule has 2 aromatic rings. The van der Waals surface area contributed by atoms with Crippen molar-refractivity contribution >= 4 is 16.7 Å². The third kappa shape index (κ3) is 2.41. The fourth-order valence-electron chi connectivity index (χ4n) is 4.30. The number of nitrogens with one attached hydrogen (secondary N) is 1. The van der Waals surface area contributed by atoms with E-state index in [1.54, 1.807) is 6.20 Å². The van der Waals surface area contributed by atoms with Crippen LogP contribution in [0.3, 0.4) is 0 Å². The number of piperidine rings is 2. The lowest BCUT2D eigenvalue weighted by molar-refractivity contribution is 0.0250. The fourth-order valence-corrected chi connectivity index (χ4v) is 4.30. The summed E-state index contributed by atoms with van der Waals surface area (Å²) >= 11 is 0. The second-order valence-corrected chi connectivity index (χ2v) is 6.99. The summed E-state index contributed by atoms with van der Waals surface area (Å²) in [5.74, 6) is 0.0847. The maximum Gasteiger partial charge on any atom is 0.273 e. The second kappa shape index (κ2) is 5.60. The molecule has 2 fully saturated rings. The first kappa shape index (κ1) is 14.6. The van der Waals surface area contributed by atoms with Crippen molar-refractivity contribution in [2.24, 2.45) is 0 Å². The molecule has 2 aliphatic heterocycles. The third-order valence-electron chi connectivity index (χ3n) is 5.53. The van der Waals surface area contributed by atoms with Gasteiger partial charge in [-0.25, -0.2) is 0 Å². The summed E-state index contributed by atoms with van der Waals surface area (Å²) in [6.45, 7) is 4.17. The Morgan fingerprint density at radius 2 is 2.17 bits per heavy atom. The number of carbonyl (C=O) groups is 1. The molecule has 1 aromatic heterocycles. The van der Waals surface area contributed by atoms with Gasteiger partial charge in [0.2, 0.25) is 0 Å². The van der Waals surface area contributed by atoms with Crippen molar-refractivity contribution in [2.75, 3.05) is 13.1 Å². The Bertz CT molecular complexity index is 735. The van der Waals surface area contributed by atoms with Crippen molar-refractivity contribution in [3.8, 4) is 0 Å². The monoisotopic (exact) mass is 309 g/mol. The molecule has 2 atom stereocenters. The average molecular weight is 309 g/mol. The van der Waals surface area contributed by atoms with Crippen molar-refractivity contribution in [3.63, 3.8) is 0 Å². The number of aromatic nitrogens is 1. The molecule has 2 aliphatic rings. The van der Waals surface area contributed by atoms with Crippen LogP contribution < -0.4 is 5.32 Å². The number of hydrogen-bond donors (Lipinski definition) is 1. The van der Waals surface area contributed by atoms with Crippen molar-refractivity contribution in [3.05, 3.63) is 42.2 Å². The van der Waals surface area contributed by atoms with Gasteiger partial charge in [-0.15, -0.1) is 0 Å². The second-order valence-electron chi connectivity index (χ2n) is 6.99. The molecule has 1 amide bonds. The largest absolute Gasteiger partial charge is 0.332 e. The molecular weight excluding hydrogens is 286 g/mol. The number of rotatable bonds is 1. The molecule has 1 N–H and O–H groups in total. The summed E-state index contributed by atoms with van der Waals surface area (Å²) in [6, 6.07) is 10.3. The van der Waals surface area contributed by atoms with Crippen LogP contribution in [0.15, 0.2) is 36.5 Å². The van der Waals surface area contributed by atoms with Gasteiger partial charge in [0.1, 0.15) is 5.69 Å². The average Bonchev–Trinajstić information content (AvgIpc) is 2.59. The highest BCUT2D eigenvalue weighted by atomic mass is 16.2. The predicted octanol–water partition coefficient (Wildman–Crippen LogP) is 2.98. The number of nitrogens with zero attached hydrogens (tertiary/aromatic N) is 2. The summed E-state index contributed by atoms with van der Waals surface area (Å²) in [7, 11) is 0. The van der Waals surface area contributed by atoms with E-state index in [9.17, 15) is 4.79 Å². The maximum atomic E-state index is 13.2. The molecule has 0 saturated carbocycles. The van der Waals surface area contributed by atoms with Crippen molar-refractivity contribution in [1.29, 1.82) is 0 Å². The Morgan fingerprint density at radius 3 is 3.09 bits per heavy atom. The van der Waals surface area contributed by atoms with Gasteiger partial charge in [-0.2, -0.15) is 0 Å². The molecule has 0 bridgehead atoms. The molecule has 4 rings (SSSR count). The minimum atomic E-state index is 0.0523. The Balaban J connectivity index is 1.73. The summed E-state index contributed by atoms with van der Waals surface area (Å²) in [5, 5.41) is 5.69. The van der Waals surface area contributed by atoms with Crippen LogP contribution in [0.5, 0.6) is 0 Å². The van der Waals surface area contributed by atoms with Crippen molar-refractivity contribution in [2.45, 2.75) is 44.2 Å². The molecule has 2 saturated heterocycles. The lowest BCUT2D eigenvalue weighted by Gasteiger charge is -2.51. The van der Waals surface area contributed by atoms with Gasteiger partial charge in [0.05, 0.1) is 0 Å². The zero-order valence-electron chi connectivity index (χ0n) is 13.6. The van der Waals surface area contributed by atoms with Gasteiger partial charge in [0.15, 0.2) is 0 Å². The fraction of sp³-hybridized carbons (Fsp3) is 0.474. The topological polar surface area (TPSA) is 45.2 Å². The van der Waals surface area contributed by atoms with E-state index in [0.717, 1.165) is 49.5 Å². The smallest absolute Gasteiger partial charge is 0.273 e. The summed E-state index contributed by atoms with van der Waals surface area (Å²) in [4.78, 5) is 19.8. The van der Waals surface area contributed by atoms with Crippen LogP contribution >= 0.6 is 0 Å². The Labute approximate surface area is 136 Å². The number of likely N-dealkylation sites (tertiary alicyclic amines) is 1. The molecule has 0 radical (unpaired) electrons. The first-order valence-corrected chi connectivity index (χ1v) is 8.59. The van der Waals surface area contributed by atoms with Crippen LogP contribution in [0, 0.1) is 0 Å². The van der Waals surface area contributed by atoms with E-state index in [4.69, 9.17) is 0 Å². The Hall–Kier alpha value is -1.94. The third-order valence-corrected chi connectivity index (χ3v) is 5.53. The zero-order valence-corrected chi connectivity index (χ0v) is 13.6. The lowest BCUT2D eigenvalue weighted by Crippen LogP contribution is -2.65. The zero-order chi connectivity index (χ0) is 15.9. The van der Waals surface area contributed by atoms with Crippen LogP contribution in [-0.2, 0) is 0 Å². The number of fused-ring (bicyclic) bond motifs is 2. The lowest BCUT2D eigenvalue weighted by atomic mass is 9.77. The molecule has 4 nitrogen and oxygen atoms in total. The molecule has 0 spiro atoms. The van der Waals surface area contributed by atoms with Gasteiger partial charge in [0, 0.05) is 29.7 Å². The maximum absolute atomic E-state index is 13.2. The van der Waals surface area contributed by atoms with Crippen LogP contribution in [0.2, 0.25) is 0 Å². The number of amides is 1. The van der Waals surface area contributed by atoms with E-state index in [1.165, 1.54) is 0 Å². The highest BCUT2D eigenvalue weighted by molar-refractivity contribution is 6.05. The number of carbonyl (C=O) groups excluding carboxylic acids is 1. The van der Waals surface area contributed by atoms with Gasteiger partial charge in [-0.3, -0.25) is 9.78 Å². The Morgan fingerprint density at radius 1 is 1.30 bits per heavy atom. The minimum Gasteiger partial charge on any atom is -0.332 e. The number of benzene rings is 1. The summed E-state index contributed by atoms with van der Waals surface area (Å²) < 4.78 is 0. The first-order chi connectivity index (χ1) is 11.2. The summed E-state index contributed by atoms with van der Waals surface area (Å²) in [5.41, 5.74) is 0.648. The molecule has 1 aromatic carbocycles. The Kier molecular flexibility index (Phi) is 3.57. The van der Waals surface area contributed by atoms with E-state index in [2.05, 4.69) is 22.1 Å². The highest BCUT2D eigenvalue weighted by Gasteiger charge is 2.44. The van der Waals surface area contributed by atoms with E-state index in [-0.39, 0.29) is 17.5 Å².